The number of ether oxygens (including phenoxy) is 1. The number of rotatable bonds is 4. The van der Waals surface area contributed by atoms with Crippen LogP contribution in [-0.2, 0) is 4.79 Å². The largest absolute Gasteiger partial charge is 0.484 e. The molecular formula is C12H11BrN4O2. The molecule has 0 fully saturated rings. The molecule has 0 aliphatic carbocycles. The molecule has 7 heteroatoms. The number of halogens is 1. The molecule has 0 unspecified atom stereocenters. The Hall–Kier alpha value is -2.15. The van der Waals surface area contributed by atoms with Gasteiger partial charge >= 0.3 is 0 Å². The lowest BCUT2D eigenvalue weighted by molar-refractivity contribution is -0.118. The first-order chi connectivity index (χ1) is 9.13. The highest BCUT2D eigenvalue weighted by Crippen LogP contribution is 2.14. The molecule has 0 bridgehead atoms. The number of nitrogens with two attached hydrogens (primary N) is 1. The van der Waals surface area contributed by atoms with Gasteiger partial charge in [-0.25, -0.2) is 9.97 Å². The number of nitrogens with zero attached hydrogens (tertiary/aromatic N) is 2. The highest BCUT2D eigenvalue weighted by atomic mass is 79.9. The molecule has 2 rings (SSSR count). The van der Waals surface area contributed by atoms with Crippen LogP contribution in [0, 0.1) is 0 Å². The Morgan fingerprint density at radius 1 is 1.37 bits per heavy atom. The van der Waals surface area contributed by atoms with E-state index in [0.29, 0.717) is 21.9 Å². The molecule has 1 heterocycles. The van der Waals surface area contributed by atoms with Gasteiger partial charge in [-0.1, -0.05) is 6.07 Å². The van der Waals surface area contributed by atoms with Crippen molar-refractivity contribution < 1.29 is 9.53 Å². The van der Waals surface area contributed by atoms with E-state index in [1.165, 1.54) is 12.4 Å². The van der Waals surface area contributed by atoms with Gasteiger partial charge in [0.1, 0.15) is 10.4 Å². The smallest absolute Gasteiger partial charge is 0.263 e. The van der Waals surface area contributed by atoms with Gasteiger partial charge in [0.2, 0.25) is 0 Å². The first-order valence-electron chi connectivity index (χ1n) is 5.39. The Bertz CT molecular complexity index is 574. The summed E-state index contributed by atoms with van der Waals surface area (Å²) in [5.41, 5.74) is 6.18. The summed E-state index contributed by atoms with van der Waals surface area (Å²) in [4.78, 5) is 19.5. The number of carbonyl (C=O) groups is 1. The predicted molar refractivity (Wildman–Crippen MR) is 74.7 cm³/mol. The predicted octanol–water partition coefficient (Wildman–Crippen LogP) is 1.84. The van der Waals surface area contributed by atoms with Gasteiger partial charge in [-0.15, -0.1) is 0 Å². The van der Waals surface area contributed by atoms with Crippen LogP contribution in [0.5, 0.6) is 5.75 Å². The summed E-state index contributed by atoms with van der Waals surface area (Å²) in [6, 6.07) is 6.86. The van der Waals surface area contributed by atoms with Crippen LogP contribution < -0.4 is 15.8 Å². The monoisotopic (exact) mass is 322 g/mol. The Morgan fingerprint density at radius 2 is 2.21 bits per heavy atom. The molecule has 0 atom stereocenters. The number of benzene rings is 1. The number of amides is 1. The van der Waals surface area contributed by atoms with Crippen LogP contribution in [0.15, 0.2) is 41.3 Å². The zero-order valence-electron chi connectivity index (χ0n) is 9.84. The third-order valence-corrected chi connectivity index (χ3v) is 2.53. The van der Waals surface area contributed by atoms with Gasteiger partial charge in [-0.2, -0.15) is 0 Å². The molecule has 0 radical (unpaired) electrons. The van der Waals surface area contributed by atoms with Gasteiger partial charge in [-0.05, 0) is 28.1 Å². The molecule has 1 aromatic heterocycles. The second-order valence-corrected chi connectivity index (χ2v) is 4.45. The molecule has 3 N–H and O–H groups in total. The average molecular weight is 323 g/mol. The van der Waals surface area contributed by atoms with Crippen molar-refractivity contribution in [1.82, 2.24) is 9.97 Å². The average Bonchev–Trinajstić information content (AvgIpc) is 2.39. The van der Waals surface area contributed by atoms with E-state index >= 15 is 0 Å². The number of anilines is 2. The van der Waals surface area contributed by atoms with Crippen molar-refractivity contribution in [2.75, 3.05) is 17.7 Å². The number of hydrogen-bond acceptors (Lipinski definition) is 5. The van der Waals surface area contributed by atoms with Crippen molar-refractivity contribution >= 4 is 33.3 Å². The topological polar surface area (TPSA) is 90.1 Å². The minimum absolute atomic E-state index is 0.124. The van der Waals surface area contributed by atoms with Crippen molar-refractivity contribution in [3.8, 4) is 5.75 Å². The third-order valence-electron chi connectivity index (χ3n) is 2.12. The van der Waals surface area contributed by atoms with Gasteiger partial charge in [0.05, 0.1) is 12.4 Å². The second-order valence-electron chi connectivity index (χ2n) is 3.63. The highest BCUT2D eigenvalue weighted by molar-refractivity contribution is 9.10. The lowest BCUT2D eigenvalue weighted by Crippen LogP contribution is -2.20. The normalized spacial score (nSPS) is 9.95. The minimum Gasteiger partial charge on any atom is -0.484 e. The molecule has 0 saturated carbocycles. The van der Waals surface area contributed by atoms with Crippen molar-refractivity contribution in [2.45, 2.75) is 0 Å². The van der Waals surface area contributed by atoms with E-state index < -0.39 is 0 Å². The molecule has 6 nitrogen and oxygen atoms in total. The van der Waals surface area contributed by atoms with Crippen LogP contribution in [-0.4, -0.2) is 22.5 Å². The number of aromatic nitrogens is 2. The minimum atomic E-state index is -0.320. The van der Waals surface area contributed by atoms with Crippen LogP contribution in [0.3, 0.4) is 0 Å². The first-order valence-corrected chi connectivity index (χ1v) is 6.18. The summed E-state index contributed by atoms with van der Waals surface area (Å²) in [5, 5.41) is 2.56. The summed E-state index contributed by atoms with van der Waals surface area (Å²) >= 11 is 3.16. The maximum atomic E-state index is 11.6. The number of nitrogens with one attached hydrogen (secondary N) is 1. The molecule has 98 valence electrons. The van der Waals surface area contributed by atoms with Crippen molar-refractivity contribution in [1.29, 1.82) is 0 Å². The van der Waals surface area contributed by atoms with Crippen LogP contribution in [0.1, 0.15) is 0 Å². The summed E-state index contributed by atoms with van der Waals surface area (Å²) in [5.74, 6) is 0.584. The highest BCUT2D eigenvalue weighted by Gasteiger charge is 2.05. The van der Waals surface area contributed by atoms with E-state index in [4.69, 9.17) is 10.5 Å². The van der Waals surface area contributed by atoms with E-state index in [2.05, 4.69) is 31.2 Å². The summed E-state index contributed by atoms with van der Waals surface area (Å²) in [6.45, 7) is -0.124. The number of carbonyl (C=O) groups excluding carboxylic acids is 1. The van der Waals surface area contributed by atoms with Crippen LogP contribution in [0.2, 0.25) is 0 Å². The summed E-state index contributed by atoms with van der Waals surface area (Å²) in [6.07, 6.45) is 2.94. The number of nitrogen functional groups attached to an aromatic ring is 1. The van der Waals surface area contributed by atoms with E-state index in [9.17, 15) is 4.79 Å². The Morgan fingerprint density at radius 3 is 2.89 bits per heavy atom. The molecule has 0 spiro atoms. The molecule has 0 saturated heterocycles. The molecule has 0 aliphatic heterocycles. The fourth-order valence-electron chi connectivity index (χ4n) is 1.31. The molecule has 1 amide bonds. The van der Waals surface area contributed by atoms with Crippen LogP contribution in [0.25, 0.3) is 0 Å². The quantitative estimate of drug-likeness (QED) is 0.838. The van der Waals surface area contributed by atoms with Crippen LogP contribution in [0.4, 0.5) is 11.5 Å². The SMILES string of the molecule is Nc1cccc(OCC(=O)Nc2cnc(Br)cn2)c1. The molecular weight excluding hydrogens is 312 g/mol. The fraction of sp³-hybridized carbons (Fsp3) is 0.0833. The third kappa shape index (κ3) is 4.22. The van der Waals surface area contributed by atoms with E-state index in [0.717, 1.165) is 0 Å². The van der Waals surface area contributed by atoms with E-state index in [1.807, 2.05) is 0 Å². The van der Waals surface area contributed by atoms with Crippen molar-refractivity contribution in [3.05, 3.63) is 41.3 Å². The second kappa shape index (κ2) is 6.14. The van der Waals surface area contributed by atoms with Crippen LogP contribution >= 0.6 is 15.9 Å². The summed E-state index contributed by atoms with van der Waals surface area (Å²) < 4.78 is 5.89. The van der Waals surface area contributed by atoms with E-state index in [1.54, 1.807) is 24.3 Å². The fourth-order valence-corrected chi connectivity index (χ4v) is 1.51. The van der Waals surface area contributed by atoms with Gasteiger partial charge in [-0.3, -0.25) is 4.79 Å². The first kappa shape index (κ1) is 13.3. The van der Waals surface area contributed by atoms with Gasteiger partial charge in [0.15, 0.2) is 12.4 Å². The standard InChI is InChI=1S/C12H11BrN4O2/c13-10-5-16-11(6-15-10)17-12(18)7-19-9-3-1-2-8(14)4-9/h1-6H,7,14H2,(H,16,17,18). The zero-order chi connectivity index (χ0) is 13.7. The van der Waals surface area contributed by atoms with Crippen molar-refractivity contribution in [3.63, 3.8) is 0 Å². The maximum Gasteiger partial charge on any atom is 0.263 e. The molecule has 19 heavy (non-hydrogen) atoms. The van der Waals surface area contributed by atoms with Gasteiger partial charge in [0.25, 0.3) is 5.91 Å². The zero-order valence-corrected chi connectivity index (χ0v) is 11.4. The van der Waals surface area contributed by atoms with E-state index in [-0.39, 0.29) is 12.5 Å². The van der Waals surface area contributed by atoms with Crippen molar-refractivity contribution in [2.24, 2.45) is 0 Å². The Balaban J connectivity index is 1.86. The summed E-state index contributed by atoms with van der Waals surface area (Å²) in [7, 11) is 0. The lowest BCUT2D eigenvalue weighted by atomic mass is 10.3. The Kier molecular flexibility index (Phi) is 4.30. The number of hydrogen-bond donors (Lipinski definition) is 2. The molecule has 1 aromatic carbocycles. The molecule has 0 aliphatic rings. The van der Waals surface area contributed by atoms with Gasteiger partial charge in [0, 0.05) is 11.8 Å². The maximum absolute atomic E-state index is 11.6. The lowest BCUT2D eigenvalue weighted by Gasteiger charge is -2.07. The molecule has 2 aromatic rings. The van der Waals surface area contributed by atoms with Gasteiger partial charge < -0.3 is 15.8 Å². The Labute approximate surface area is 118 Å².